The SMILES string of the molecule is CC(C)C(Nc1ncccn1)C(=O)N1CCN(c2ccc(Cl)cc2)[C@@H](C(=O)N[C@@H]2CC=CCCCCC(=O)Nc3ccccc3NC(=O)C2=O)C1. The smallest absolute Gasteiger partial charge is 0.294 e. The van der Waals surface area contributed by atoms with E-state index in [1.807, 2.05) is 24.8 Å². The van der Waals surface area contributed by atoms with Gasteiger partial charge in [0.2, 0.25) is 29.5 Å². The van der Waals surface area contributed by atoms with E-state index in [0.29, 0.717) is 54.7 Å². The Hall–Kier alpha value is -5.30. The van der Waals surface area contributed by atoms with Gasteiger partial charge >= 0.3 is 0 Å². The molecular formula is C37H43ClN8O5. The molecule has 0 aliphatic carbocycles. The molecule has 13 nitrogen and oxygen atoms in total. The Kier molecular flexibility index (Phi) is 12.7. The van der Waals surface area contributed by atoms with Gasteiger partial charge in [-0.3, -0.25) is 24.0 Å². The van der Waals surface area contributed by atoms with E-state index in [0.717, 1.165) is 6.42 Å². The summed E-state index contributed by atoms with van der Waals surface area (Å²) < 4.78 is 0. The number of hydrogen-bond acceptors (Lipinski definition) is 9. The number of benzene rings is 2. The van der Waals surface area contributed by atoms with Crippen molar-refractivity contribution in [2.45, 2.75) is 64.1 Å². The second-order valence-corrected chi connectivity index (χ2v) is 13.3. The molecule has 1 saturated heterocycles. The van der Waals surface area contributed by atoms with E-state index in [4.69, 9.17) is 11.6 Å². The number of hydrogen-bond donors (Lipinski definition) is 4. The van der Waals surface area contributed by atoms with Gasteiger partial charge in [0, 0.05) is 42.6 Å². The molecule has 51 heavy (non-hydrogen) atoms. The molecule has 0 spiro atoms. The standard InChI is InChI=1S/C37H43ClN8O5/c1-24(2)32(44-37-39-19-10-20-40-37)36(51)45-21-22-46(26-17-15-25(38)16-18-26)30(23-45)34(49)43-29-13-6-4-3-5-7-14-31(47)41-27-11-8-9-12-28(27)42-35(50)33(29)48/h4,6,8-12,15-20,24,29-30,32H,3,5,7,13-14,21-23H2,1-2H3,(H,41,47)(H,42,50)(H,43,49)(H,39,40,44)/t29-,30-,32?/m1/s1. The van der Waals surface area contributed by atoms with Crippen molar-refractivity contribution in [1.82, 2.24) is 20.2 Å². The second kappa shape index (κ2) is 17.6. The Morgan fingerprint density at radius 1 is 0.902 bits per heavy atom. The van der Waals surface area contributed by atoms with E-state index in [-0.39, 0.29) is 36.4 Å². The Bertz CT molecular complexity index is 1740. The Morgan fingerprint density at radius 3 is 2.31 bits per heavy atom. The number of carbonyl (C=O) groups excluding carboxylic acids is 5. The van der Waals surface area contributed by atoms with Gasteiger partial charge in [-0.2, -0.15) is 0 Å². The van der Waals surface area contributed by atoms with Crippen molar-refractivity contribution < 1.29 is 24.0 Å². The molecular weight excluding hydrogens is 672 g/mol. The van der Waals surface area contributed by atoms with Crippen LogP contribution in [0.4, 0.5) is 23.0 Å². The maximum Gasteiger partial charge on any atom is 0.294 e. The van der Waals surface area contributed by atoms with Gasteiger partial charge in [-0.1, -0.05) is 49.7 Å². The number of Topliss-reactive ketones (excluding diaryl/α,β-unsaturated/α-hetero) is 1. The van der Waals surface area contributed by atoms with Crippen LogP contribution in [0.25, 0.3) is 0 Å². The maximum absolute atomic E-state index is 14.3. The second-order valence-electron chi connectivity index (χ2n) is 12.8. The van der Waals surface area contributed by atoms with Crippen LogP contribution in [-0.4, -0.2) is 82.0 Å². The molecule has 2 aromatic carbocycles. The summed E-state index contributed by atoms with van der Waals surface area (Å²) in [7, 11) is 0. The first kappa shape index (κ1) is 37.0. The van der Waals surface area contributed by atoms with Gasteiger partial charge in [0.1, 0.15) is 18.1 Å². The van der Waals surface area contributed by atoms with Crippen molar-refractivity contribution in [3.8, 4) is 0 Å². The highest BCUT2D eigenvalue weighted by Gasteiger charge is 2.39. The summed E-state index contributed by atoms with van der Waals surface area (Å²) in [5, 5.41) is 11.9. The third-order valence-electron chi connectivity index (χ3n) is 8.81. The molecule has 268 valence electrons. The van der Waals surface area contributed by atoms with Crippen LogP contribution in [0.5, 0.6) is 0 Å². The molecule has 0 radical (unpaired) electrons. The molecule has 14 heteroatoms. The number of carbonyl (C=O) groups is 5. The topological polar surface area (TPSA) is 166 Å². The zero-order valence-corrected chi connectivity index (χ0v) is 29.4. The number of ketones is 1. The van der Waals surface area contributed by atoms with Crippen LogP contribution >= 0.6 is 11.6 Å². The monoisotopic (exact) mass is 714 g/mol. The number of allylic oxidation sites excluding steroid dienone is 1. The normalized spacial score (nSPS) is 19.6. The fourth-order valence-electron chi connectivity index (χ4n) is 6.03. The number of anilines is 4. The minimum Gasteiger partial charge on any atom is -0.356 e. The molecule has 1 fully saturated rings. The highest BCUT2D eigenvalue weighted by Crippen LogP contribution is 2.25. The molecule has 5 rings (SSSR count). The summed E-state index contributed by atoms with van der Waals surface area (Å²) >= 11 is 6.18. The number of para-hydroxylation sites is 2. The average molecular weight is 715 g/mol. The fraction of sp³-hybridized carbons (Fsp3) is 0.378. The summed E-state index contributed by atoms with van der Waals surface area (Å²) in [6.07, 6.45) is 9.27. The lowest BCUT2D eigenvalue weighted by Crippen LogP contribution is -2.63. The van der Waals surface area contributed by atoms with Crippen molar-refractivity contribution in [2.75, 3.05) is 40.5 Å². The summed E-state index contributed by atoms with van der Waals surface area (Å²) in [6, 6.07) is 12.6. The number of rotatable bonds is 7. The molecule has 4 N–H and O–H groups in total. The van der Waals surface area contributed by atoms with Gasteiger partial charge < -0.3 is 31.1 Å². The predicted octanol–water partition coefficient (Wildman–Crippen LogP) is 4.44. The van der Waals surface area contributed by atoms with E-state index in [9.17, 15) is 24.0 Å². The van der Waals surface area contributed by atoms with Gasteiger partial charge in [0.15, 0.2) is 0 Å². The molecule has 2 aliphatic heterocycles. The number of amides is 4. The van der Waals surface area contributed by atoms with Crippen LogP contribution in [-0.2, 0) is 24.0 Å². The Labute approximate surface area is 302 Å². The molecule has 4 amide bonds. The lowest BCUT2D eigenvalue weighted by Gasteiger charge is -2.43. The van der Waals surface area contributed by atoms with Crippen molar-refractivity contribution in [2.24, 2.45) is 5.92 Å². The predicted molar refractivity (Wildman–Crippen MR) is 196 cm³/mol. The average Bonchev–Trinajstić information content (AvgIpc) is 3.13. The van der Waals surface area contributed by atoms with Crippen LogP contribution in [0.2, 0.25) is 5.02 Å². The first-order valence-electron chi connectivity index (χ1n) is 17.1. The number of nitrogens with zero attached hydrogens (tertiary/aromatic N) is 4. The lowest BCUT2D eigenvalue weighted by molar-refractivity contribution is -0.138. The molecule has 3 aromatic rings. The molecule has 3 heterocycles. The van der Waals surface area contributed by atoms with E-state index in [1.165, 1.54) is 0 Å². The van der Waals surface area contributed by atoms with Gasteiger partial charge in [0.05, 0.1) is 17.9 Å². The van der Waals surface area contributed by atoms with Crippen LogP contribution in [0.3, 0.4) is 0 Å². The molecule has 1 aromatic heterocycles. The quantitative estimate of drug-likeness (QED) is 0.205. The number of halogens is 1. The summed E-state index contributed by atoms with van der Waals surface area (Å²) in [4.78, 5) is 79.8. The minimum absolute atomic E-state index is 0.0177. The number of nitrogens with one attached hydrogen (secondary N) is 4. The van der Waals surface area contributed by atoms with Gasteiger partial charge in [0.25, 0.3) is 5.91 Å². The van der Waals surface area contributed by atoms with Gasteiger partial charge in [-0.05, 0) is 74.1 Å². The summed E-state index contributed by atoms with van der Waals surface area (Å²) in [6.45, 7) is 4.50. The van der Waals surface area contributed by atoms with Crippen molar-refractivity contribution in [3.63, 3.8) is 0 Å². The van der Waals surface area contributed by atoms with Crippen molar-refractivity contribution in [3.05, 3.63) is 84.2 Å². The molecule has 2 aliphatic rings. The zero-order valence-electron chi connectivity index (χ0n) is 28.7. The highest BCUT2D eigenvalue weighted by molar-refractivity contribution is 6.43. The minimum atomic E-state index is -1.20. The van der Waals surface area contributed by atoms with Gasteiger partial charge in [-0.15, -0.1) is 0 Å². The van der Waals surface area contributed by atoms with E-state index in [2.05, 4.69) is 31.2 Å². The molecule has 1 unspecified atom stereocenters. The van der Waals surface area contributed by atoms with Crippen molar-refractivity contribution >= 4 is 64.0 Å². The van der Waals surface area contributed by atoms with Crippen LogP contribution in [0, 0.1) is 5.92 Å². The fourth-order valence-corrected chi connectivity index (χ4v) is 6.15. The van der Waals surface area contributed by atoms with Crippen molar-refractivity contribution in [1.29, 1.82) is 0 Å². The van der Waals surface area contributed by atoms with Crippen LogP contribution in [0.1, 0.15) is 46.0 Å². The first-order chi connectivity index (χ1) is 24.6. The number of piperazine rings is 1. The van der Waals surface area contributed by atoms with E-state index >= 15 is 0 Å². The Balaban J connectivity index is 1.40. The maximum atomic E-state index is 14.3. The summed E-state index contributed by atoms with van der Waals surface area (Å²) in [5.41, 5.74) is 1.35. The zero-order chi connectivity index (χ0) is 36.3. The van der Waals surface area contributed by atoms with Gasteiger partial charge in [-0.25, -0.2) is 9.97 Å². The highest BCUT2D eigenvalue weighted by atomic mass is 35.5. The Morgan fingerprint density at radius 2 is 1.61 bits per heavy atom. The largest absolute Gasteiger partial charge is 0.356 e. The summed E-state index contributed by atoms with van der Waals surface area (Å²) in [5.74, 6) is -2.53. The molecule has 3 atom stereocenters. The van der Waals surface area contributed by atoms with E-state index in [1.54, 1.807) is 78.0 Å². The van der Waals surface area contributed by atoms with E-state index < -0.39 is 35.7 Å². The lowest BCUT2D eigenvalue weighted by atomic mass is 10.0. The number of aromatic nitrogens is 2. The molecule has 0 saturated carbocycles. The number of fused-ring (bicyclic) bond motifs is 1. The van der Waals surface area contributed by atoms with Crippen LogP contribution in [0.15, 0.2) is 79.1 Å². The van der Waals surface area contributed by atoms with Crippen LogP contribution < -0.4 is 26.2 Å². The first-order valence-corrected chi connectivity index (χ1v) is 17.5. The third-order valence-corrected chi connectivity index (χ3v) is 9.06. The molecule has 0 bridgehead atoms. The third kappa shape index (κ3) is 9.91.